The van der Waals surface area contributed by atoms with E-state index in [4.69, 9.17) is 0 Å². The number of hydrogen-bond donors (Lipinski definition) is 2. The van der Waals surface area contributed by atoms with Crippen LogP contribution in [0.5, 0.6) is 0 Å². The van der Waals surface area contributed by atoms with Crippen molar-refractivity contribution < 1.29 is 10.2 Å². The van der Waals surface area contributed by atoms with E-state index in [-0.39, 0.29) is 12.1 Å². The third-order valence-electron chi connectivity index (χ3n) is 3.81. The molecule has 4 heteroatoms. The summed E-state index contributed by atoms with van der Waals surface area (Å²) in [5.74, 6) is 0.852. The summed E-state index contributed by atoms with van der Waals surface area (Å²) in [6, 6.07) is 3.95. The number of rotatable bonds is 3. The molecule has 0 bridgehead atoms. The molecule has 1 aliphatic rings. The van der Waals surface area contributed by atoms with Gasteiger partial charge in [0.25, 0.3) is 0 Å². The fourth-order valence-corrected chi connectivity index (χ4v) is 2.57. The highest BCUT2D eigenvalue weighted by Crippen LogP contribution is 2.26. The van der Waals surface area contributed by atoms with Gasteiger partial charge < -0.3 is 15.1 Å². The van der Waals surface area contributed by atoms with E-state index in [1.807, 2.05) is 19.2 Å². The van der Waals surface area contributed by atoms with Crippen LogP contribution >= 0.6 is 0 Å². The maximum Gasteiger partial charge on any atom is 0.128 e. The van der Waals surface area contributed by atoms with E-state index in [1.165, 1.54) is 0 Å². The lowest BCUT2D eigenvalue weighted by molar-refractivity contribution is 0.106. The van der Waals surface area contributed by atoms with Gasteiger partial charge in [-0.05, 0) is 31.4 Å². The molecule has 3 unspecified atom stereocenters. The molecular weight excluding hydrogens is 228 g/mol. The van der Waals surface area contributed by atoms with E-state index < -0.39 is 6.10 Å². The molecule has 1 saturated carbocycles. The lowest BCUT2D eigenvalue weighted by Gasteiger charge is -2.35. The summed E-state index contributed by atoms with van der Waals surface area (Å²) in [4.78, 5) is 6.42. The van der Waals surface area contributed by atoms with E-state index in [0.29, 0.717) is 0 Å². The molecule has 0 spiro atoms. The Morgan fingerprint density at radius 3 is 2.61 bits per heavy atom. The molecule has 0 amide bonds. The Morgan fingerprint density at radius 1 is 1.33 bits per heavy atom. The Labute approximate surface area is 108 Å². The monoisotopic (exact) mass is 250 g/mol. The first-order chi connectivity index (χ1) is 8.59. The van der Waals surface area contributed by atoms with Gasteiger partial charge in [0.2, 0.25) is 0 Å². The lowest BCUT2D eigenvalue weighted by atomic mass is 9.91. The van der Waals surface area contributed by atoms with Crippen molar-refractivity contribution in [3.05, 3.63) is 23.9 Å². The molecule has 4 nitrogen and oxygen atoms in total. The van der Waals surface area contributed by atoms with Crippen LogP contribution in [-0.2, 0) is 0 Å². The molecule has 1 aliphatic carbocycles. The zero-order valence-corrected chi connectivity index (χ0v) is 11.1. The first kappa shape index (κ1) is 13.3. The van der Waals surface area contributed by atoms with Crippen LogP contribution in [0, 0.1) is 0 Å². The minimum absolute atomic E-state index is 0.156. The van der Waals surface area contributed by atoms with Crippen molar-refractivity contribution >= 4 is 5.82 Å². The van der Waals surface area contributed by atoms with Crippen molar-refractivity contribution in [2.24, 2.45) is 0 Å². The predicted octanol–water partition coefficient (Wildman–Crippen LogP) is 1.87. The summed E-state index contributed by atoms with van der Waals surface area (Å²) < 4.78 is 0. The zero-order chi connectivity index (χ0) is 13.1. The summed E-state index contributed by atoms with van der Waals surface area (Å²) in [6.07, 6.45) is 5.11. The van der Waals surface area contributed by atoms with Gasteiger partial charge in [-0.2, -0.15) is 0 Å². The fourth-order valence-electron chi connectivity index (χ4n) is 2.57. The number of pyridine rings is 1. The number of anilines is 1. The zero-order valence-electron chi connectivity index (χ0n) is 11.1. The summed E-state index contributed by atoms with van der Waals surface area (Å²) >= 11 is 0. The van der Waals surface area contributed by atoms with E-state index >= 15 is 0 Å². The minimum atomic E-state index is -0.489. The molecule has 100 valence electrons. The average molecular weight is 250 g/mol. The first-order valence-corrected chi connectivity index (χ1v) is 6.64. The predicted molar refractivity (Wildman–Crippen MR) is 71.5 cm³/mol. The van der Waals surface area contributed by atoms with Crippen molar-refractivity contribution in [3.63, 3.8) is 0 Å². The molecule has 0 aromatic carbocycles. The highest BCUT2D eigenvalue weighted by Gasteiger charge is 2.27. The fraction of sp³-hybridized carbons (Fsp3) is 0.643. The summed E-state index contributed by atoms with van der Waals surface area (Å²) in [5, 5.41) is 19.5. The summed E-state index contributed by atoms with van der Waals surface area (Å²) in [5.41, 5.74) is 0.816. The summed E-state index contributed by atoms with van der Waals surface area (Å²) in [6.45, 7) is 1.73. The molecule has 1 fully saturated rings. The van der Waals surface area contributed by atoms with Gasteiger partial charge in [0.1, 0.15) is 5.82 Å². The molecule has 0 radical (unpaired) electrons. The second kappa shape index (κ2) is 5.67. The molecular formula is C14H22N2O2. The Morgan fingerprint density at radius 2 is 2.06 bits per heavy atom. The third-order valence-corrected chi connectivity index (χ3v) is 3.81. The lowest BCUT2D eigenvalue weighted by Crippen LogP contribution is -2.43. The number of nitrogens with zero attached hydrogens (tertiary/aromatic N) is 2. The average Bonchev–Trinajstić information content (AvgIpc) is 2.38. The molecule has 2 rings (SSSR count). The van der Waals surface area contributed by atoms with Crippen LogP contribution < -0.4 is 4.90 Å². The Balaban J connectivity index is 2.10. The van der Waals surface area contributed by atoms with E-state index in [0.717, 1.165) is 37.1 Å². The standard InChI is InChI=1S/C14H22N2O2/c1-10(17)11-7-8-14(15-9-11)16(2)12-5-3-4-6-13(12)18/h7-10,12-13,17-18H,3-6H2,1-2H3. The Bertz CT molecular complexity index is 378. The van der Waals surface area contributed by atoms with E-state index in [9.17, 15) is 10.2 Å². The van der Waals surface area contributed by atoms with E-state index in [1.54, 1.807) is 13.1 Å². The van der Waals surface area contributed by atoms with Gasteiger partial charge in [-0.25, -0.2) is 4.98 Å². The van der Waals surface area contributed by atoms with Crippen LogP contribution in [0.15, 0.2) is 18.3 Å². The maximum absolute atomic E-state index is 10.0. The maximum atomic E-state index is 10.0. The van der Waals surface area contributed by atoms with Gasteiger partial charge in [0.15, 0.2) is 0 Å². The van der Waals surface area contributed by atoms with Gasteiger partial charge in [-0.1, -0.05) is 18.9 Å². The molecule has 3 atom stereocenters. The van der Waals surface area contributed by atoms with Crippen LogP contribution in [-0.4, -0.2) is 34.4 Å². The van der Waals surface area contributed by atoms with Crippen LogP contribution in [0.25, 0.3) is 0 Å². The third kappa shape index (κ3) is 2.82. The normalized spacial score (nSPS) is 25.8. The summed E-state index contributed by atoms with van der Waals surface area (Å²) in [7, 11) is 1.98. The van der Waals surface area contributed by atoms with Crippen molar-refractivity contribution in [3.8, 4) is 0 Å². The van der Waals surface area contributed by atoms with Crippen LogP contribution in [0.3, 0.4) is 0 Å². The number of likely N-dealkylation sites (N-methyl/N-ethyl adjacent to an activating group) is 1. The van der Waals surface area contributed by atoms with E-state index in [2.05, 4.69) is 9.88 Å². The van der Waals surface area contributed by atoms with Crippen molar-refractivity contribution in [2.75, 3.05) is 11.9 Å². The molecule has 1 aromatic heterocycles. The topological polar surface area (TPSA) is 56.6 Å². The molecule has 1 heterocycles. The number of aliphatic hydroxyl groups is 2. The Kier molecular flexibility index (Phi) is 4.19. The second-order valence-electron chi connectivity index (χ2n) is 5.16. The molecule has 1 aromatic rings. The number of aromatic nitrogens is 1. The molecule has 0 aliphatic heterocycles. The first-order valence-electron chi connectivity index (χ1n) is 6.64. The van der Waals surface area contributed by atoms with Gasteiger partial charge in [0, 0.05) is 13.2 Å². The molecule has 18 heavy (non-hydrogen) atoms. The number of hydrogen-bond acceptors (Lipinski definition) is 4. The Hall–Kier alpha value is -1.13. The SMILES string of the molecule is CC(O)c1ccc(N(C)C2CCCCC2O)nc1. The second-order valence-corrected chi connectivity index (χ2v) is 5.16. The highest BCUT2D eigenvalue weighted by atomic mass is 16.3. The van der Waals surface area contributed by atoms with Gasteiger partial charge in [-0.3, -0.25) is 0 Å². The van der Waals surface area contributed by atoms with Gasteiger partial charge in [0.05, 0.1) is 18.2 Å². The molecule has 2 N–H and O–H groups in total. The van der Waals surface area contributed by atoms with Crippen LogP contribution in [0.1, 0.15) is 44.3 Å². The van der Waals surface area contributed by atoms with Gasteiger partial charge in [-0.15, -0.1) is 0 Å². The minimum Gasteiger partial charge on any atom is -0.391 e. The quantitative estimate of drug-likeness (QED) is 0.860. The van der Waals surface area contributed by atoms with Crippen LogP contribution in [0.2, 0.25) is 0 Å². The molecule has 0 saturated heterocycles. The van der Waals surface area contributed by atoms with Crippen molar-refractivity contribution in [1.82, 2.24) is 4.98 Å². The van der Waals surface area contributed by atoms with Crippen molar-refractivity contribution in [2.45, 2.75) is 50.9 Å². The van der Waals surface area contributed by atoms with Crippen molar-refractivity contribution in [1.29, 1.82) is 0 Å². The largest absolute Gasteiger partial charge is 0.391 e. The van der Waals surface area contributed by atoms with Crippen LogP contribution in [0.4, 0.5) is 5.82 Å². The smallest absolute Gasteiger partial charge is 0.128 e. The van der Waals surface area contributed by atoms with Gasteiger partial charge >= 0.3 is 0 Å². The number of aliphatic hydroxyl groups excluding tert-OH is 2. The highest BCUT2D eigenvalue weighted by molar-refractivity contribution is 5.40.